The lowest BCUT2D eigenvalue weighted by atomic mass is 9.63. The lowest BCUT2D eigenvalue weighted by Gasteiger charge is -2.45. The van der Waals surface area contributed by atoms with Crippen LogP contribution in [0.1, 0.15) is 67.2 Å². The molecule has 2 heteroatoms. The van der Waals surface area contributed by atoms with Crippen LogP contribution in [0.15, 0.2) is 0 Å². The minimum Gasteiger partial charge on any atom is -0.390 e. The molecule has 0 saturated heterocycles. The SMILES string of the molecule is CC(C)(O)CCNC1CC(C)(C)CC(C)(C)C1. The first-order valence-corrected chi connectivity index (χ1v) is 6.95. The van der Waals surface area contributed by atoms with Crippen molar-refractivity contribution in [3.8, 4) is 0 Å². The van der Waals surface area contributed by atoms with Gasteiger partial charge in [-0.05, 0) is 56.9 Å². The lowest BCUT2D eigenvalue weighted by molar-refractivity contribution is 0.0603. The van der Waals surface area contributed by atoms with Crippen molar-refractivity contribution >= 4 is 0 Å². The second-order valence-electron chi connectivity index (χ2n) is 8.13. The van der Waals surface area contributed by atoms with E-state index >= 15 is 0 Å². The van der Waals surface area contributed by atoms with E-state index < -0.39 is 5.60 Å². The summed E-state index contributed by atoms with van der Waals surface area (Å²) >= 11 is 0. The Balaban J connectivity index is 2.43. The molecule has 0 aromatic heterocycles. The van der Waals surface area contributed by atoms with Crippen LogP contribution in [0.2, 0.25) is 0 Å². The second kappa shape index (κ2) is 4.89. The third-order valence-corrected chi connectivity index (χ3v) is 3.72. The lowest BCUT2D eigenvalue weighted by Crippen LogP contribution is -2.45. The van der Waals surface area contributed by atoms with Gasteiger partial charge < -0.3 is 10.4 Å². The normalized spacial score (nSPS) is 24.9. The Labute approximate surface area is 107 Å². The molecule has 102 valence electrons. The van der Waals surface area contributed by atoms with E-state index in [1.807, 2.05) is 13.8 Å². The van der Waals surface area contributed by atoms with Crippen molar-refractivity contribution in [1.82, 2.24) is 5.32 Å². The van der Waals surface area contributed by atoms with Gasteiger partial charge in [-0.2, -0.15) is 0 Å². The van der Waals surface area contributed by atoms with Gasteiger partial charge in [0.1, 0.15) is 0 Å². The summed E-state index contributed by atoms with van der Waals surface area (Å²) in [6.07, 6.45) is 4.64. The van der Waals surface area contributed by atoms with Crippen LogP contribution in [0, 0.1) is 10.8 Å². The van der Waals surface area contributed by atoms with Gasteiger partial charge in [-0.1, -0.05) is 27.7 Å². The Kier molecular flexibility index (Phi) is 4.31. The summed E-state index contributed by atoms with van der Waals surface area (Å²) in [5.41, 5.74) is 0.328. The number of hydrogen-bond acceptors (Lipinski definition) is 2. The molecule has 0 heterocycles. The average molecular weight is 241 g/mol. The molecule has 0 spiro atoms. The molecule has 0 unspecified atom stereocenters. The van der Waals surface area contributed by atoms with Gasteiger partial charge in [0.15, 0.2) is 0 Å². The molecule has 1 saturated carbocycles. The number of aliphatic hydroxyl groups is 1. The second-order valence-corrected chi connectivity index (χ2v) is 8.13. The van der Waals surface area contributed by atoms with E-state index in [9.17, 15) is 5.11 Å². The quantitative estimate of drug-likeness (QED) is 0.791. The molecule has 0 aromatic carbocycles. The van der Waals surface area contributed by atoms with Crippen molar-refractivity contribution in [2.24, 2.45) is 10.8 Å². The third-order valence-electron chi connectivity index (χ3n) is 3.72. The first kappa shape index (κ1) is 15.0. The average Bonchev–Trinajstić information content (AvgIpc) is 1.93. The highest BCUT2D eigenvalue weighted by atomic mass is 16.3. The largest absolute Gasteiger partial charge is 0.390 e. The Morgan fingerprint density at radius 3 is 2.00 bits per heavy atom. The van der Waals surface area contributed by atoms with Crippen LogP contribution in [0.3, 0.4) is 0 Å². The Hall–Kier alpha value is -0.0800. The topological polar surface area (TPSA) is 32.3 Å². The highest BCUT2D eigenvalue weighted by molar-refractivity contribution is 4.92. The Morgan fingerprint density at radius 2 is 1.59 bits per heavy atom. The standard InChI is InChI=1S/C15H31NO/c1-13(2)9-12(10-14(3,4)11-13)16-8-7-15(5,6)17/h12,16-17H,7-11H2,1-6H3. The van der Waals surface area contributed by atoms with Crippen molar-refractivity contribution in [1.29, 1.82) is 0 Å². The van der Waals surface area contributed by atoms with Gasteiger partial charge in [-0.3, -0.25) is 0 Å². The fraction of sp³-hybridized carbons (Fsp3) is 1.00. The predicted octanol–water partition coefficient (Wildman–Crippen LogP) is 3.34. The monoisotopic (exact) mass is 241 g/mol. The maximum Gasteiger partial charge on any atom is 0.0603 e. The molecule has 0 atom stereocenters. The fourth-order valence-electron chi connectivity index (χ4n) is 3.57. The number of rotatable bonds is 4. The smallest absolute Gasteiger partial charge is 0.0603 e. The highest BCUT2D eigenvalue weighted by Gasteiger charge is 2.38. The molecule has 0 radical (unpaired) electrons. The van der Waals surface area contributed by atoms with Crippen LogP contribution in [-0.4, -0.2) is 23.3 Å². The molecule has 0 aliphatic heterocycles. The van der Waals surface area contributed by atoms with Crippen LogP contribution in [0.4, 0.5) is 0 Å². The minimum absolute atomic E-state index is 0.439. The summed E-state index contributed by atoms with van der Waals surface area (Å²) in [6.45, 7) is 14.2. The summed E-state index contributed by atoms with van der Waals surface area (Å²) in [5, 5.41) is 13.3. The van der Waals surface area contributed by atoms with Gasteiger partial charge in [0.2, 0.25) is 0 Å². The molecule has 1 aliphatic rings. The van der Waals surface area contributed by atoms with E-state index in [2.05, 4.69) is 33.0 Å². The van der Waals surface area contributed by atoms with E-state index in [0.29, 0.717) is 16.9 Å². The zero-order valence-electron chi connectivity index (χ0n) is 12.6. The zero-order valence-corrected chi connectivity index (χ0v) is 12.6. The van der Waals surface area contributed by atoms with E-state index in [-0.39, 0.29) is 0 Å². The zero-order chi connectivity index (χ0) is 13.3. The first-order chi connectivity index (χ1) is 7.49. The molecule has 0 aromatic rings. The minimum atomic E-state index is -0.549. The predicted molar refractivity (Wildman–Crippen MR) is 74.1 cm³/mol. The summed E-state index contributed by atoms with van der Waals surface area (Å²) in [7, 11) is 0. The van der Waals surface area contributed by atoms with Crippen molar-refractivity contribution in [2.75, 3.05) is 6.54 Å². The molecule has 1 aliphatic carbocycles. The van der Waals surface area contributed by atoms with Gasteiger partial charge in [-0.15, -0.1) is 0 Å². The molecule has 1 fully saturated rings. The number of hydrogen-bond donors (Lipinski definition) is 2. The van der Waals surface area contributed by atoms with E-state index in [1.54, 1.807) is 0 Å². The van der Waals surface area contributed by atoms with Crippen LogP contribution in [0.5, 0.6) is 0 Å². The van der Waals surface area contributed by atoms with Crippen LogP contribution >= 0.6 is 0 Å². The summed E-state index contributed by atoms with van der Waals surface area (Å²) in [6, 6.07) is 0.608. The van der Waals surface area contributed by atoms with E-state index in [4.69, 9.17) is 0 Å². The van der Waals surface area contributed by atoms with E-state index in [0.717, 1.165) is 13.0 Å². The van der Waals surface area contributed by atoms with Gasteiger partial charge >= 0.3 is 0 Å². The van der Waals surface area contributed by atoms with Crippen LogP contribution in [-0.2, 0) is 0 Å². The molecule has 2 N–H and O–H groups in total. The first-order valence-electron chi connectivity index (χ1n) is 6.95. The van der Waals surface area contributed by atoms with Gasteiger partial charge in [0, 0.05) is 6.04 Å². The Morgan fingerprint density at radius 1 is 1.12 bits per heavy atom. The molecule has 1 rings (SSSR count). The third kappa shape index (κ3) is 5.87. The fourth-order valence-corrected chi connectivity index (χ4v) is 3.57. The number of nitrogens with one attached hydrogen (secondary N) is 1. The van der Waals surface area contributed by atoms with Crippen LogP contribution < -0.4 is 5.32 Å². The Bertz CT molecular complexity index is 234. The maximum atomic E-state index is 9.71. The van der Waals surface area contributed by atoms with E-state index in [1.165, 1.54) is 19.3 Å². The molecular formula is C15H31NO. The van der Waals surface area contributed by atoms with Gasteiger partial charge in [0.25, 0.3) is 0 Å². The van der Waals surface area contributed by atoms with Gasteiger partial charge in [-0.25, -0.2) is 0 Å². The van der Waals surface area contributed by atoms with Crippen molar-refractivity contribution in [2.45, 2.75) is 78.9 Å². The van der Waals surface area contributed by atoms with Crippen molar-refractivity contribution < 1.29 is 5.11 Å². The molecule has 2 nitrogen and oxygen atoms in total. The van der Waals surface area contributed by atoms with Crippen molar-refractivity contribution in [3.05, 3.63) is 0 Å². The summed E-state index contributed by atoms with van der Waals surface area (Å²) in [4.78, 5) is 0. The highest BCUT2D eigenvalue weighted by Crippen LogP contribution is 2.45. The molecule has 0 amide bonds. The molecule has 17 heavy (non-hydrogen) atoms. The van der Waals surface area contributed by atoms with Crippen LogP contribution in [0.25, 0.3) is 0 Å². The van der Waals surface area contributed by atoms with Crippen molar-refractivity contribution in [3.63, 3.8) is 0 Å². The molecule has 0 bridgehead atoms. The maximum absolute atomic E-state index is 9.71. The van der Waals surface area contributed by atoms with Gasteiger partial charge in [0.05, 0.1) is 5.60 Å². The summed E-state index contributed by atoms with van der Waals surface area (Å²) in [5.74, 6) is 0. The summed E-state index contributed by atoms with van der Waals surface area (Å²) < 4.78 is 0. The molecular weight excluding hydrogens is 210 g/mol.